The lowest BCUT2D eigenvalue weighted by molar-refractivity contribution is 0.00578. The minimum absolute atomic E-state index is 0.398. The molecular formula is C35H29BN2O2S. The van der Waals surface area contributed by atoms with Gasteiger partial charge in [-0.3, -0.25) is 0 Å². The highest BCUT2D eigenvalue weighted by Gasteiger charge is 2.51. The third-order valence-corrected chi connectivity index (χ3v) is 10.0. The van der Waals surface area contributed by atoms with Crippen molar-refractivity contribution in [3.05, 3.63) is 103 Å². The Morgan fingerprint density at radius 2 is 1.39 bits per heavy atom. The zero-order chi connectivity index (χ0) is 27.9. The zero-order valence-electron chi connectivity index (χ0n) is 23.5. The van der Waals surface area contributed by atoms with E-state index in [0.29, 0.717) is 0 Å². The van der Waals surface area contributed by atoms with Crippen molar-refractivity contribution in [1.82, 2.24) is 9.55 Å². The van der Waals surface area contributed by atoms with E-state index in [2.05, 4.69) is 135 Å². The first-order valence-corrected chi connectivity index (χ1v) is 14.9. The van der Waals surface area contributed by atoms with Gasteiger partial charge >= 0.3 is 7.12 Å². The Morgan fingerprint density at radius 1 is 0.707 bits per heavy atom. The Labute approximate surface area is 243 Å². The molecule has 0 radical (unpaired) electrons. The highest BCUT2D eigenvalue weighted by atomic mass is 32.1. The molecule has 0 bridgehead atoms. The molecule has 0 spiro atoms. The number of rotatable bonds is 3. The van der Waals surface area contributed by atoms with Gasteiger partial charge in [0.2, 0.25) is 0 Å². The smallest absolute Gasteiger partial charge is 0.399 e. The van der Waals surface area contributed by atoms with Crippen molar-refractivity contribution in [2.24, 2.45) is 0 Å². The highest BCUT2D eigenvalue weighted by Crippen LogP contribution is 2.47. The predicted octanol–water partition coefficient (Wildman–Crippen LogP) is 8.51. The number of thiophene rings is 1. The van der Waals surface area contributed by atoms with Gasteiger partial charge in [-0.1, -0.05) is 78.9 Å². The van der Waals surface area contributed by atoms with Gasteiger partial charge in [-0.2, -0.15) is 0 Å². The summed E-state index contributed by atoms with van der Waals surface area (Å²) in [5.41, 5.74) is 5.63. The third kappa shape index (κ3) is 3.64. The van der Waals surface area contributed by atoms with Crippen molar-refractivity contribution in [2.75, 3.05) is 0 Å². The molecule has 3 aromatic heterocycles. The molecule has 0 saturated carbocycles. The second-order valence-electron chi connectivity index (χ2n) is 11.9. The second-order valence-corrected chi connectivity index (χ2v) is 12.9. The summed E-state index contributed by atoms with van der Waals surface area (Å²) in [6, 6.07) is 36.4. The Kier molecular flexibility index (Phi) is 5.30. The fourth-order valence-corrected chi connectivity index (χ4v) is 7.41. The number of hydrogen-bond donors (Lipinski definition) is 0. The van der Waals surface area contributed by atoms with Crippen LogP contribution in [0.15, 0.2) is 103 Å². The monoisotopic (exact) mass is 552 g/mol. The maximum Gasteiger partial charge on any atom is 0.494 e. The van der Waals surface area contributed by atoms with Crippen molar-refractivity contribution in [3.63, 3.8) is 0 Å². The lowest BCUT2D eigenvalue weighted by Gasteiger charge is -2.32. The van der Waals surface area contributed by atoms with E-state index >= 15 is 0 Å². The van der Waals surface area contributed by atoms with Gasteiger partial charge < -0.3 is 13.9 Å². The summed E-state index contributed by atoms with van der Waals surface area (Å²) < 4.78 is 16.4. The topological polar surface area (TPSA) is 36.3 Å². The lowest BCUT2D eigenvalue weighted by atomic mass is 9.78. The number of fused-ring (bicyclic) bond motifs is 7. The molecule has 8 rings (SSSR count). The van der Waals surface area contributed by atoms with Crippen LogP contribution in [0.25, 0.3) is 59.1 Å². The Morgan fingerprint density at radius 3 is 2.17 bits per heavy atom. The first-order valence-electron chi connectivity index (χ1n) is 14.1. The third-order valence-electron chi connectivity index (χ3n) is 8.83. The van der Waals surface area contributed by atoms with Gasteiger partial charge in [0.05, 0.1) is 32.6 Å². The van der Waals surface area contributed by atoms with Crippen molar-refractivity contribution in [3.8, 4) is 16.9 Å². The molecule has 0 aliphatic carbocycles. The van der Waals surface area contributed by atoms with Gasteiger partial charge in [-0.05, 0) is 57.4 Å². The summed E-state index contributed by atoms with van der Waals surface area (Å²) in [6.45, 7) is 8.37. The number of hydrogen-bond acceptors (Lipinski definition) is 4. The van der Waals surface area contributed by atoms with Crippen molar-refractivity contribution in [1.29, 1.82) is 0 Å². The van der Waals surface area contributed by atoms with E-state index in [-0.39, 0.29) is 0 Å². The van der Waals surface area contributed by atoms with E-state index in [4.69, 9.17) is 14.3 Å². The highest BCUT2D eigenvalue weighted by molar-refractivity contribution is 7.26. The molecule has 200 valence electrons. The van der Waals surface area contributed by atoms with Gasteiger partial charge in [-0.15, -0.1) is 11.3 Å². The molecule has 41 heavy (non-hydrogen) atoms. The summed E-state index contributed by atoms with van der Waals surface area (Å²) in [5, 5.41) is 4.98. The number of benzene rings is 4. The Balaban J connectivity index is 1.43. The molecule has 6 heteroatoms. The number of pyridine rings is 1. The second kappa shape index (κ2) is 8.77. The molecule has 0 unspecified atom stereocenters. The molecule has 1 saturated heterocycles. The Hall–Kier alpha value is -3.97. The summed E-state index contributed by atoms with van der Waals surface area (Å²) >= 11 is 1.82. The van der Waals surface area contributed by atoms with Crippen LogP contribution in [0.3, 0.4) is 0 Å². The predicted molar refractivity (Wildman–Crippen MR) is 173 cm³/mol. The van der Waals surface area contributed by atoms with Crippen LogP contribution in [0.5, 0.6) is 0 Å². The maximum absolute atomic E-state index is 6.40. The van der Waals surface area contributed by atoms with E-state index in [1.54, 1.807) is 0 Å². The van der Waals surface area contributed by atoms with Crippen LogP contribution in [0, 0.1) is 0 Å². The van der Waals surface area contributed by atoms with E-state index in [0.717, 1.165) is 27.9 Å². The number of para-hydroxylation sites is 3. The molecule has 0 amide bonds. The molecule has 0 N–H and O–H groups in total. The molecule has 4 heterocycles. The quantitative estimate of drug-likeness (QED) is 0.206. The van der Waals surface area contributed by atoms with Crippen LogP contribution >= 0.6 is 11.3 Å². The number of aromatic nitrogens is 2. The summed E-state index contributed by atoms with van der Waals surface area (Å²) in [4.78, 5) is 6.51. The minimum Gasteiger partial charge on any atom is -0.399 e. The molecule has 0 atom stereocenters. The van der Waals surface area contributed by atoms with Crippen LogP contribution in [0.4, 0.5) is 0 Å². The summed E-state index contributed by atoms with van der Waals surface area (Å²) in [5.74, 6) is 0. The fourth-order valence-electron chi connectivity index (χ4n) is 6.03. The van der Waals surface area contributed by atoms with E-state index in [9.17, 15) is 0 Å². The van der Waals surface area contributed by atoms with Crippen LogP contribution in [-0.4, -0.2) is 27.9 Å². The van der Waals surface area contributed by atoms with Crippen LogP contribution in [0.1, 0.15) is 27.7 Å². The first-order chi connectivity index (χ1) is 19.8. The molecule has 1 aliphatic heterocycles. The van der Waals surface area contributed by atoms with Crippen LogP contribution in [-0.2, 0) is 9.31 Å². The summed E-state index contributed by atoms with van der Waals surface area (Å²) in [6.07, 6.45) is 0. The van der Waals surface area contributed by atoms with Crippen molar-refractivity contribution < 1.29 is 9.31 Å². The molecule has 4 aromatic carbocycles. The van der Waals surface area contributed by atoms with Gasteiger partial charge in [-0.25, -0.2) is 4.98 Å². The largest absolute Gasteiger partial charge is 0.494 e. The van der Waals surface area contributed by atoms with Gasteiger partial charge in [0.25, 0.3) is 0 Å². The maximum atomic E-state index is 6.40. The van der Waals surface area contributed by atoms with Crippen molar-refractivity contribution >= 4 is 66.0 Å². The Bertz CT molecular complexity index is 2110. The first kappa shape index (κ1) is 24.8. The van der Waals surface area contributed by atoms with Gasteiger partial charge in [0.1, 0.15) is 4.83 Å². The normalized spacial score (nSPS) is 16.4. The number of nitrogens with zero attached hydrogens (tertiary/aromatic N) is 2. The fraction of sp³-hybridized carbons (Fsp3) is 0.171. The van der Waals surface area contributed by atoms with Crippen LogP contribution in [0.2, 0.25) is 0 Å². The average Bonchev–Trinajstić information content (AvgIpc) is 3.59. The van der Waals surface area contributed by atoms with Crippen LogP contribution < -0.4 is 5.46 Å². The van der Waals surface area contributed by atoms with Gasteiger partial charge in [0, 0.05) is 32.8 Å². The van der Waals surface area contributed by atoms with E-state index in [1.807, 2.05) is 11.3 Å². The standard InChI is InChI=1S/C35H29BN2O2S/c1-34(2)35(3,4)40-36(39-34)23-14-12-13-22(21-23)31-32-29(25-17-8-10-19-27(25)37-31)30-26-18-9-11-20-28(26)38(33(30)41-32)24-15-6-5-7-16-24/h5-21H,1-4H3. The average molecular weight is 553 g/mol. The molecule has 7 aromatic rings. The zero-order valence-corrected chi connectivity index (χ0v) is 24.3. The van der Waals surface area contributed by atoms with Crippen molar-refractivity contribution in [2.45, 2.75) is 38.9 Å². The molecule has 1 fully saturated rings. The van der Waals surface area contributed by atoms with Gasteiger partial charge in [0.15, 0.2) is 0 Å². The molecular weight excluding hydrogens is 523 g/mol. The minimum atomic E-state index is -0.426. The van der Waals surface area contributed by atoms with E-state index < -0.39 is 18.3 Å². The SMILES string of the molecule is CC1(C)OB(c2cccc(-c3nc4ccccc4c4c3sc3c4c4ccccc4n3-c3ccccc3)c2)OC1(C)C. The molecule has 4 nitrogen and oxygen atoms in total. The van der Waals surface area contributed by atoms with E-state index in [1.165, 1.54) is 36.6 Å². The molecule has 1 aliphatic rings. The summed E-state index contributed by atoms with van der Waals surface area (Å²) in [7, 11) is -0.426. The lowest BCUT2D eigenvalue weighted by Crippen LogP contribution is -2.41.